The number of rotatable bonds is 4. The minimum atomic E-state index is -0.0232. The zero-order valence-electron chi connectivity index (χ0n) is 12.8. The van der Waals surface area contributed by atoms with Crippen LogP contribution in [0.1, 0.15) is 18.4 Å². The molecule has 2 heterocycles. The highest BCUT2D eigenvalue weighted by atomic mass is 35.5. The van der Waals surface area contributed by atoms with Gasteiger partial charge >= 0.3 is 0 Å². The Labute approximate surface area is 140 Å². The van der Waals surface area contributed by atoms with Gasteiger partial charge in [0.2, 0.25) is 5.91 Å². The van der Waals surface area contributed by atoms with Gasteiger partial charge in [-0.2, -0.15) is 0 Å². The van der Waals surface area contributed by atoms with Gasteiger partial charge in [0.15, 0.2) is 0 Å². The highest BCUT2D eigenvalue weighted by Gasteiger charge is 2.26. The number of nitrogens with one attached hydrogen (secondary N) is 1. The second kappa shape index (κ2) is 7.42. The number of carbonyl (C=O) groups excluding carboxylic acids is 1. The molecule has 0 saturated carbocycles. The van der Waals surface area contributed by atoms with Crippen molar-refractivity contribution < 1.29 is 4.79 Å². The molecule has 0 bridgehead atoms. The van der Waals surface area contributed by atoms with Crippen LogP contribution in [0.4, 0.5) is 5.82 Å². The molecule has 0 aliphatic carbocycles. The van der Waals surface area contributed by atoms with Gasteiger partial charge in [-0.3, -0.25) is 9.78 Å². The Kier molecular flexibility index (Phi) is 5.08. The van der Waals surface area contributed by atoms with Crippen molar-refractivity contribution in [2.24, 2.45) is 5.92 Å². The summed E-state index contributed by atoms with van der Waals surface area (Å²) in [5.41, 5.74) is 1.01. The molecule has 23 heavy (non-hydrogen) atoms. The maximum atomic E-state index is 12.4. The van der Waals surface area contributed by atoms with Crippen molar-refractivity contribution in [3.8, 4) is 0 Å². The fraction of sp³-hybridized carbons (Fsp3) is 0.353. The van der Waals surface area contributed by atoms with E-state index in [-0.39, 0.29) is 11.8 Å². The van der Waals surface area contributed by atoms with Crippen molar-refractivity contribution in [2.45, 2.75) is 19.4 Å². The molecule has 1 atom stereocenters. The van der Waals surface area contributed by atoms with Gasteiger partial charge in [0.25, 0.3) is 0 Å². The largest absolute Gasteiger partial charge is 0.355 e. The molecule has 1 saturated heterocycles. The number of anilines is 1. The standard InChI is InChI=1S/C17H19ClN4O/c18-15-5-1-3-13(9-15)10-21-17(23)14-4-2-8-22(12-14)16-11-19-6-7-20-16/h1,3,5-7,9,11,14H,2,4,8,10,12H2,(H,21,23). The average molecular weight is 331 g/mol. The first kappa shape index (κ1) is 15.7. The summed E-state index contributed by atoms with van der Waals surface area (Å²) < 4.78 is 0. The molecular weight excluding hydrogens is 312 g/mol. The summed E-state index contributed by atoms with van der Waals surface area (Å²) in [4.78, 5) is 23.0. The second-order valence-corrected chi connectivity index (χ2v) is 6.13. The summed E-state index contributed by atoms with van der Waals surface area (Å²) in [7, 11) is 0. The Morgan fingerprint density at radius 2 is 2.30 bits per heavy atom. The fourth-order valence-corrected chi connectivity index (χ4v) is 3.05. The predicted molar refractivity (Wildman–Crippen MR) is 90.3 cm³/mol. The number of carbonyl (C=O) groups is 1. The molecule has 1 unspecified atom stereocenters. The number of benzene rings is 1. The van der Waals surface area contributed by atoms with Crippen LogP contribution in [0.5, 0.6) is 0 Å². The number of hydrogen-bond donors (Lipinski definition) is 1. The molecule has 1 aliphatic rings. The zero-order chi connectivity index (χ0) is 16.1. The number of halogens is 1. The third-order valence-electron chi connectivity index (χ3n) is 4.02. The van der Waals surface area contributed by atoms with E-state index in [4.69, 9.17) is 11.6 Å². The van der Waals surface area contributed by atoms with Crippen LogP contribution in [-0.4, -0.2) is 29.0 Å². The first-order valence-electron chi connectivity index (χ1n) is 7.75. The molecule has 6 heteroatoms. The van der Waals surface area contributed by atoms with Crippen LogP contribution in [0.2, 0.25) is 5.02 Å². The lowest BCUT2D eigenvalue weighted by Crippen LogP contribution is -2.43. The van der Waals surface area contributed by atoms with Gasteiger partial charge in [0.05, 0.1) is 12.1 Å². The lowest BCUT2D eigenvalue weighted by Gasteiger charge is -2.32. The third kappa shape index (κ3) is 4.20. The van der Waals surface area contributed by atoms with E-state index >= 15 is 0 Å². The zero-order valence-corrected chi connectivity index (χ0v) is 13.5. The molecule has 1 aliphatic heterocycles. The first-order chi connectivity index (χ1) is 11.2. The fourth-order valence-electron chi connectivity index (χ4n) is 2.83. The van der Waals surface area contributed by atoms with Crippen LogP contribution in [0.3, 0.4) is 0 Å². The normalized spacial score (nSPS) is 17.8. The molecule has 1 aromatic heterocycles. The quantitative estimate of drug-likeness (QED) is 0.936. The van der Waals surface area contributed by atoms with Gasteiger partial charge in [0, 0.05) is 37.1 Å². The van der Waals surface area contributed by atoms with Crippen molar-refractivity contribution in [1.82, 2.24) is 15.3 Å². The molecular formula is C17H19ClN4O. The van der Waals surface area contributed by atoms with E-state index in [0.29, 0.717) is 18.1 Å². The van der Waals surface area contributed by atoms with Crippen LogP contribution >= 0.6 is 11.6 Å². The smallest absolute Gasteiger partial charge is 0.225 e. The molecule has 120 valence electrons. The van der Waals surface area contributed by atoms with E-state index in [1.54, 1.807) is 18.6 Å². The molecule has 5 nitrogen and oxygen atoms in total. The van der Waals surface area contributed by atoms with Crippen LogP contribution in [0.15, 0.2) is 42.9 Å². The van der Waals surface area contributed by atoms with Gasteiger partial charge in [-0.15, -0.1) is 0 Å². The van der Waals surface area contributed by atoms with Gasteiger partial charge in [-0.25, -0.2) is 4.98 Å². The predicted octanol–water partition coefficient (Wildman–Crippen LogP) is 2.66. The van der Waals surface area contributed by atoms with Crippen molar-refractivity contribution in [3.05, 3.63) is 53.4 Å². The maximum Gasteiger partial charge on any atom is 0.225 e. The van der Waals surface area contributed by atoms with Crippen LogP contribution in [0, 0.1) is 5.92 Å². The number of aromatic nitrogens is 2. The Morgan fingerprint density at radius 1 is 1.39 bits per heavy atom. The molecule has 1 aromatic carbocycles. The highest BCUT2D eigenvalue weighted by molar-refractivity contribution is 6.30. The Bertz CT molecular complexity index is 665. The van der Waals surface area contributed by atoms with E-state index in [1.807, 2.05) is 24.3 Å². The van der Waals surface area contributed by atoms with E-state index < -0.39 is 0 Å². The second-order valence-electron chi connectivity index (χ2n) is 5.70. The van der Waals surface area contributed by atoms with Crippen molar-refractivity contribution in [1.29, 1.82) is 0 Å². The minimum Gasteiger partial charge on any atom is -0.355 e. The van der Waals surface area contributed by atoms with Crippen LogP contribution < -0.4 is 10.2 Å². The summed E-state index contributed by atoms with van der Waals surface area (Å²) in [6, 6.07) is 7.54. The van der Waals surface area contributed by atoms with E-state index in [0.717, 1.165) is 30.8 Å². The molecule has 1 amide bonds. The molecule has 0 spiro atoms. The average Bonchev–Trinajstić information content (AvgIpc) is 2.61. The SMILES string of the molecule is O=C(NCc1cccc(Cl)c1)C1CCCN(c2cnccn2)C1. The monoisotopic (exact) mass is 330 g/mol. The van der Waals surface area contributed by atoms with Gasteiger partial charge in [-0.05, 0) is 30.5 Å². The number of nitrogens with zero attached hydrogens (tertiary/aromatic N) is 3. The van der Waals surface area contributed by atoms with Crippen molar-refractivity contribution in [2.75, 3.05) is 18.0 Å². The van der Waals surface area contributed by atoms with Gasteiger partial charge < -0.3 is 10.2 Å². The minimum absolute atomic E-state index is 0.0232. The van der Waals surface area contributed by atoms with Gasteiger partial charge in [-0.1, -0.05) is 23.7 Å². The molecule has 0 radical (unpaired) electrons. The third-order valence-corrected chi connectivity index (χ3v) is 4.26. The lowest BCUT2D eigenvalue weighted by atomic mass is 9.97. The summed E-state index contributed by atoms with van der Waals surface area (Å²) in [6.45, 7) is 2.10. The summed E-state index contributed by atoms with van der Waals surface area (Å²) in [6.07, 6.45) is 6.96. The maximum absolute atomic E-state index is 12.4. The topological polar surface area (TPSA) is 58.1 Å². The summed E-state index contributed by atoms with van der Waals surface area (Å²) in [5, 5.41) is 3.69. The van der Waals surface area contributed by atoms with Crippen LogP contribution in [-0.2, 0) is 11.3 Å². The summed E-state index contributed by atoms with van der Waals surface area (Å²) >= 11 is 5.96. The van der Waals surface area contributed by atoms with Crippen molar-refractivity contribution in [3.63, 3.8) is 0 Å². The number of amides is 1. The highest BCUT2D eigenvalue weighted by Crippen LogP contribution is 2.21. The van der Waals surface area contributed by atoms with E-state index in [1.165, 1.54) is 0 Å². The molecule has 1 fully saturated rings. The number of piperidine rings is 1. The first-order valence-corrected chi connectivity index (χ1v) is 8.13. The molecule has 3 rings (SSSR count). The van der Waals surface area contributed by atoms with E-state index in [2.05, 4.69) is 20.2 Å². The number of hydrogen-bond acceptors (Lipinski definition) is 4. The van der Waals surface area contributed by atoms with E-state index in [9.17, 15) is 4.79 Å². The molecule has 1 N–H and O–H groups in total. The van der Waals surface area contributed by atoms with Crippen molar-refractivity contribution >= 4 is 23.3 Å². The van der Waals surface area contributed by atoms with Crippen LogP contribution in [0.25, 0.3) is 0 Å². The van der Waals surface area contributed by atoms with Gasteiger partial charge in [0.1, 0.15) is 5.82 Å². The Balaban J connectivity index is 1.57. The Hall–Kier alpha value is -2.14. The lowest BCUT2D eigenvalue weighted by molar-refractivity contribution is -0.125. The summed E-state index contributed by atoms with van der Waals surface area (Å²) in [5.74, 6) is 0.892. The molecule has 2 aromatic rings. The Morgan fingerprint density at radius 3 is 3.09 bits per heavy atom.